The Bertz CT molecular complexity index is 439. The van der Waals surface area contributed by atoms with Crippen LogP contribution in [0.3, 0.4) is 0 Å². The lowest BCUT2D eigenvalue weighted by atomic mass is 9.89. The largest absolute Gasteiger partial charge is 0.494 e. The Hall–Kier alpha value is -1.29. The van der Waals surface area contributed by atoms with Crippen LogP contribution in [0.25, 0.3) is 0 Å². The van der Waals surface area contributed by atoms with E-state index < -0.39 is 0 Å². The van der Waals surface area contributed by atoms with Crippen LogP contribution in [0.5, 0.6) is 5.75 Å². The van der Waals surface area contributed by atoms with Gasteiger partial charge in [0, 0.05) is 18.1 Å². The first kappa shape index (κ1) is 14.1. The van der Waals surface area contributed by atoms with Gasteiger partial charge < -0.3 is 10.1 Å². The van der Waals surface area contributed by atoms with Gasteiger partial charge in [-0.3, -0.25) is 9.78 Å². The number of methoxy groups -OCH3 is 1. The Morgan fingerprint density at radius 2 is 2.42 bits per heavy atom. The van der Waals surface area contributed by atoms with E-state index in [1.165, 1.54) is 7.11 Å². The number of amides is 1. The van der Waals surface area contributed by atoms with E-state index >= 15 is 0 Å². The highest BCUT2D eigenvalue weighted by Gasteiger charge is 2.21. The third kappa shape index (κ3) is 3.83. The molecule has 1 aromatic heterocycles. The minimum Gasteiger partial charge on any atom is -0.494 e. The molecule has 0 radical (unpaired) electrons. The number of halogens is 1. The van der Waals surface area contributed by atoms with Crippen LogP contribution < -0.4 is 10.1 Å². The Morgan fingerprint density at radius 1 is 1.58 bits per heavy atom. The summed E-state index contributed by atoms with van der Waals surface area (Å²) in [6, 6.07) is 1.67. The van der Waals surface area contributed by atoms with Crippen LogP contribution in [0.2, 0.25) is 0 Å². The van der Waals surface area contributed by atoms with Gasteiger partial charge in [0.05, 0.1) is 18.9 Å². The quantitative estimate of drug-likeness (QED) is 0.864. The summed E-state index contributed by atoms with van der Waals surface area (Å²) in [5.41, 5.74) is 0.524. The summed E-state index contributed by atoms with van der Waals surface area (Å²) in [7, 11) is 1.53. The van der Waals surface area contributed by atoms with Crippen molar-refractivity contribution in [3.8, 4) is 5.75 Å². The first-order valence-corrected chi connectivity index (χ1v) is 7.04. The summed E-state index contributed by atoms with van der Waals surface area (Å²) >= 11 is 6.15. The summed E-state index contributed by atoms with van der Waals surface area (Å²) in [4.78, 5) is 16.0. The molecule has 19 heavy (non-hydrogen) atoms. The van der Waals surface area contributed by atoms with Crippen molar-refractivity contribution < 1.29 is 9.53 Å². The van der Waals surface area contributed by atoms with Crippen LogP contribution in [-0.2, 0) is 0 Å². The van der Waals surface area contributed by atoms with Crippen molar-refractivity contribution in [2.45, 2.75) is 31.1 Å². The number of carbonyl (C=O) groups is 1. The number of carbonyl (C=O) groups excluding carboxylic acids is 1. The van der Waals surface area contributed by atoms with Crippen LogP contribution in [0.1, 0.15) is 36.0 Å². The molecule has 0 aromatic carbocycles. The lowest BCUT2D eigenvalue weighted by molar-refractivity contribution is 0.0940. The number of nitrogens with one attached hydrogen (secondary N) is 1. The summed E-state index contributed by atoms with van der Waals surface area (Å²) in [6.07, 6.45) is 7.49. The van der Waals surface area contributed by atoms with Crippen LogP contribution in [0.15, 0.2) is 18.5 Å². The fourth-order valence-electron chi connectivity index (χ4n) is 2.47. The van der Waals surface area contributed by atoms with Gasteiger partial charge in [-0.1, -0.05) is 6.42 Å². The molecular weight excluding hydrogens is 264 g/mol. The van der Waals surface area contributed by atoms with Crippen LogP contribution >= 0.6 is 11.6 Å². The van der Waals surface area contributed by atoms with Crippen molar-refractivity contribution in [1.82, 2.24) is 10.3 Å². The van der Waals surface area contributed by atoms with E-state index in [0.29, 0.717) is 23.8 Å². The zero-order valence-electron chi connectivity index (χ0n) is 11.1. The Balaban J connectivity index is 1.90. The molecule has 2 atom stereocenters. The molecule has 2 rings (SSSR count). The standard InChI is InChI=1S/C14H19ClN2O2/c1-19-13-9-16-6-5-12(13)14(18)17-8-10-3-2-4-11(15)7-10/h5-6,9-11H,2-4,7-8H2,1H3,(H,17,18). The topological polar surface area (TPSA) is 51.2 Å². The molecule has 1 saturated carbocycles. The fourth-order valence-corrected chi connectivity index (χ4v) is 2.88. The Kier molecular flexibility index (Phi) is 5.02. The zero-order chi connectivity index (χ0) is 13.7. The predicted molar refractivity (Wildman–Crippen MR) is 74.7 cm³/mol. The minimum atomic E-state index is -0.115. The van der Waals surface area contributed by atoms with Crippen molar-refractivity contribution in [2.75, 3.05) is 13.7 Å². The lowest BCUT2D eigenvalue weighted by Gasteiger charge is -2.25. The molecule has 0 saturated heterocycles. The Labute approximate surface area is 118 Å². The van der Waals surface area contributed by atoms with Gasteiger partial charge in [-0.05, 0) is 31.2 Å². The normalized spacial score (nSPS) is 22.8. The molecule has 1 aliphatic carbocycles. The van der Waals surface area contributed by atoms with Gasteiger partial charge in [0.1, 0.15) is 5.75 Å². The maximum atomic E-state index is 12.1. The molecule has 1 aromatic rings. The molecule has 0 aliphatic heterocycles. The summed E-state index contributed by atoms with van der Waals surface area (Å²) in [5, 5.41) is 3.21. The number of aromatic nitrogens is 1. The van der Waals surface area contributed by atoms with E-state index in [9.17, 15) is 4.79 Å². The highest BCUT2D eigenvalue weighted by Crippen LogP contribution is 2.27. The van der Waals surface area contributed by atoms with Gasteiger partial charge in [0.25, 0.3) is 5.91 Å². The molecule has 1 N–H and O–H groups in total. The van der Waals surface area contributed by atoms with Crippen molar-refractivity contribution in [1.29, 1.82) is 0 Å². The van der Waals surface area contributed by atoms with E-state index in [-0.39, 0.29) is 11.3 Å². The second-order valence-electron chi connectivity index (χ2n) is 4.92. The number of rotatable bonds is 4. The third-order valence-corrected chi connectivity index (χ3v) is 3.92. The molecule has 2 unspecified atom stereocenters. The van der Waals surface area contributed by atoms with E-state index in [2.05, 4.69) is 10.3 Å². The molecular formula is C14H19ClN2O2. The van der Waals surface area contributed by atoms with Crippen LogP contribution in [0.4, 0.5) is 0 Å². The smallest absolute Gasteiger partial charge is 0.255 e. The number of ether oxygens (including phenoxy) is 1. The average Bonchev–Trinajstić information content (AvgIpc) is 2.45. The molecule has 4 nitrogen and oxygen atoms in total. The summed E-state index contributed by atoms with van der Waals surface area (Å²) in [5.74, 6) is 0.864. The third-order valence-electron chi connectivity index (χ3n) is 3.52. The van der Waals surface area contributed by atoms with Gasteiger partial charge in [-0.2, -0.15) is 0 Å². The maximum absolute atomic E-state index is 12.1. The number of hydrogen-bond acceptors (Lipinski definition) is 3. The van der Waals surface area contributed by atoms with E-state index in [1.54, 1.807) is 18.5 Å². The number of hydrogen-bond donors (Lipinski definition) is 1. The molecule has 5 heteroatoms. The summed E-state index contributed by atoms with van der Waals surface area (Å²) in [6.45, 7) is 0.674. The molecule has 0 bridgehead atoms. The van der Waals surface area contributed by atoms with E-state index in [0.717, 1.165) is 25.7 Å². The van der Waals surface area contributed by atoms with E-state index in [1.807, 2.05) is 0 Å². The molecule has 104 valence electrons. The second kappa shape index (κ2) is 6.75. The molecule has 1 aliphatic rings. The number of nitrogens with zero attached hydrogens (tertiary/aromatic N) is 1. The molecule has 1 amide bonds. The van der Waals surface area contributed by atoms with Gasteiger partial charge in [-0.25, -0.2) is 0 Å². The van der Waals surface area contributed by atoms with Crippen molar-refractivity contribution >= 4 is 17.5 Å². The van der Waals surface area contributed by atoms with Crippen molar-refractivity contribution in [3.63, 3.8) is 0 Å². The highest BCUT2D eigenvalue weighted by molar-refractivity contribution is 6.20. The van der Waals surface area contributed by atoms with Crippen LogP contribution in [-0.4, -0.2) is 29.9 Å². The minimum absolute atomic E-state index is 0.115. The lowest BCUT2D eigenvalue weighted by Crippen LogP contribution is -2.32. The molecule has 0 spiro atoms. The highest BCUT2D eigenvalue weighted by atomic mass is 35.5. The van der Waals surface area contributed by atoms with Gasteiger partial charge in [-0.15, -0.1) is 11.6 Å². The maximum Gasteiger partial charge on any atom is 0.255 e. The second-order valence-corrected chi connectivity index (χ2v) is 5.53. The molecule has 1 fully saturated rings. The Morgan fingerprint density at radius 3 is 3.16 bits per heavy atom. The van der Waals surface area contributed by atoms with Gasteiger partial charge >= 0.3 is 0 Å². The summed E-state index contributed by atoms with van der Waals surface area (Å²) < 4.78 is 5.13. The predicted octanol–water partition coefficient (Wildman–Crippen LogP) is 2.62. The van der Waals surface area contributed by atoms with Crippen molar-refractivity contribution in [3.05, 3.63) is 24.0 Å². The monoisotopic (exact) mass is 282 g/mol. The van der Waals surface area contributed by atoms with Gasteiger partial charge in [0.2, 0.25) is 0 Å². The first-order chi connectivity index (χ1) is 9.20. The average molecular weight is 283 g/mol. The number of pyridine rings is 1. The van der Waals surface area contributed by atoms with E-state index in [4.69, 9.17) is 16.3 Å². The van der Waals surface area contributed by atoms with Crippen molar-refractivity contribution in [2.24, 2.45) is 5.92 Å². The molecule has 1 heterocycles. The zero-order valence-corrected chi connectivity index (χ0v) is 11.8. The van der Waals surface area contributed by atoms with Crippen LogP contribution in [0, 0.1) is 5.92 Å². The SMILES string of the molecule is COc1cnccc1C(=O)NCC1CCCC(Cl)C1. The van der Waals surface area contributed by atoms with Gasteiger partial charge in [0.15, 0.2) is 0 Å². The number of alkyl halides is 1. The first-order valence-electron chi connectivity index (χ1n) is 6.61. The fraction of sp³-hybridized carbons (Fsp3) is 0.571.